The molecule has 1 saturated heterocycles. The first-order valence-electron chi connectivity index (χ1n) is 11.1. The van der Waals surface area contributed by atoms with Crippen molar-refractivity contribution in [3.63, 3.8) is 0 Å². The molecule has 4 rings (SSSR count). The van der Waals surface area contributed by atoms with E-state index < -0.39 is 11.9 Å². The molecule has 1 aromatic heterocycles. The maximum atomic E-state index is 13.7. The van der Waals surface area contributed by atoms with Crippen molar-refractivity contribution in [3.05, 3.63) is 66.6 Å². The van der Waals surface area contributed by atoms with E-state index in [1.165, 1.54) is 6.07 Å². The Balaban J connectivity index is 1.24. The first-order valence-corrected chi connectivity index (χ1v) is 11.1. The second kappa shape index (κ2) is 10.7. The number of amides is 1. The van der Waals surface area contributed by atoms with Crippen molar-refractivity contribution in [3.8, 4) is 5.75 Å². The highest BCUT2D eigenvalue weighted by Crippen LogP contribution is 2.21. The molecule has 33 heavy (non-hydrogen) atoms. The largest absolute Gasteiger partial charge is 0.488 e. The molecule has 0 spiro atoms. The van der Waals surface area contributed by atoms with Crippen molar-refractivity contribution in [2.24, 2.45) is 0 Å². The molecule has 2 unspecified atom stereocenters. The SMILES string of the molecule is CC1CN(CC(=O)Nc2cccc3ncccc23)CCN1CC(O)COc1ccccc1F. The Kier molecular flexibility index (Phi) is 7.49. The maximum Gasteiger partial charge on any atom is 0.238 e. The first kappa shape index (κ1) is 23.1. The summed E-state index contributed by atoms with van der Waals surface area (Å²) in [5.41, 5.74) is 1.60. The number of rotatable bonds is 8. The number of hydrogen-bond donors (Lipinski definition) is 2. The van der Waals surface area contributed by atoms with Gasteiger partial charge in [0.25, 0.3) is 0 Å². The van der Waals surface area contributed by atoms with Crippen LogP contribution in [0, 0.1) is 5.82 Å². The molecule has 2 N–H and O–H groups in total. The average molecular weight is 453 g/mol. The number of anilines is 1. The molecule has 3 aromatic rings. The van der Waals surface area contributed by atoms with Crippen LogP contribution >= 0.6 is 0 Å². The van der Waals surface area contributed by atoms with Gasteiger partial charge in [0, 0.05) is 43.8 Å². The van der Waals surface area contributed by atoms with Crippen molar-refractivity contribution in [1.29, 1.82) is 0 Å². The Morgan fingerprint density at radius 3 is 2.88 bits per heavy atom. The third-order valence-corrected chi connectivity index (χ3v) is 5.85. The van der Waals surface area contributed by atoms with Crippen LogP contribution in [0.1, 0.15) is 6.92 Å². The Labute approximate surface area is 192 Å². The topological polar surface area (TPSA) is 77.9 Å². The van der Waals surface area contributed by atoms with Crippen LogP contribution in [0.5, 0.6) is 5.75 Å². The van der Waals surface area contributed by atoms with Gasteiger partial charge in [0.2, 0.25) is 5.91 Å². The van der Waals surface area contributed by atoms with E-state index in [0.717, 1.165) is 29.7 Å². The number of carbonyl (C=O) groups is 1. The van der Waals surface area contributed by atoms with Crippen LogP contribution in [0.3, 0.4) is 0 Å². The molecule has 1 amide bonds. The van der Waals surface area contributed by atoms with Crippen molar-refractivity contribution < 1.29 is 19.0 Å². The Morgan fingerprint density at radius 1 is 1.21 bits per heavy atom. The predicted octanol–water partition coefficient (Wildman–Crippen LogP) is 2.76. The van der Waals surface area contributed by atoms with Crippen molar-refractivity contribution in [1.82, 2.24) is 14.8 Å². The number of nitrogens with zero attached hydrogens (tertiary/aromatic N) is 3. The molecule has 1 aliphatic heterocycles. The van der Waals surface area contributed by atoms with Gasteiger partial charge in [-0.3, -0.25) is 19.6 Å². The van der Waals surface area contributed by atoms with Gasteiger partial charge in [0.05, 0.1) is 17.7 Å². The molecule has 174 valence electrons. The Morgan fingerprint density at radius 2 is 2.06 bits per heavy atom. The number of β-amino-alcohol motifs (C(OH)–C–C–N with tert-alkyl or cyclic N) is 1. The fourth-order valence-corrected chi connectivity index (χ4v) is 4.16. The van der Waals surface area contributed by atoms with Crippen LogP contribution in [0.15, 0.2) is 60.8 Å². The van der Waals surface area contributed by atoms with Crippen LogP contribution in [-0.4, -0.2) is 77.3 Å². The number of benzene rings is 2. The summed E-state index contributed by atoms with van der Waals surface area (Å²) >= 11 is 0. The molecule has 0 bridgehead atoms. The van der Waals surface area contributed by atoms with E-state index in [9.17, 15) is 14.3 Å². The molecule has 1 aliphatic rings. The molecule has 2 aromatic carbocycles. The minimum atomic E-state index is -0.734. The highest BCUT2D eigenvalue weighted by atomic mass is 19.1. The van der Waals surface area contributed by atoms with E-state index >= 15 is 0 Å². The van der Waals surface area contributed by atoms with Crippen LogP contribution in [-0.2, 0) is 4.79 Å². The number of ether oxygens (including phenoxy) is 1. The van der Waals surface area contributed by atoms with Gasteiger partial charge in [0.15, 0.2) is 11.6 Å². The average Bonchev–Trinajstić information content (AvgIpc) is 2.80. The normalized spacial score (nSPS) is 18.2. The molecule has 1 fully saturated rings. The van der Waals surface area contributed by atoms with E-state index in [-0.39, 0.29) is 24.3 Å². The lowest BCUT2D eigenvalue weighted by atomic mass is 10.1. The first-order chi connectivity index (χ1) is 16.0. The zero-order valence-electron chi connectivity index (χ0n) is 18.7. The second-order valence-corrected chi connectivity index (χ2v) is 8.40. The molecule has 0 aliphatic carbocycles. The molecular formula is C25H29FN4O3. The number of aliphatic hydroxyl groups excluding tert-OH is 1. The number of halogens is 1. The molecule has 7 nitrogen and oxygen atoms in total. The number of aromatic nitrogens is 1. The molecule has 0 radical (unpaired) electrons. The van der Waals surface area contributed by atoms with Crippen LogP contribution in [0.4, 0.5) is 10.1 Å². The lowest BCUT2D eigenvalue weighted by molar-refractivity contribution is -0.118. The number of para-hydroxylation sites is 1. The fraction of sp³-hybridized carbons (Fsp3) is 0.360. The lowest BCUT2D eigenvalue weighted by Gasteiger charge is -2.40. The summed E-state index contributed by atoms with van der Waals surface area (Å²) in [5.74, 6) is -0.363. The Bertz CT molecular complexity index is 1090. The number of hydrogen-bond acceptors (Lipinski definition) is 6. The molecule has 8 heteroatoms. The van der Waals surface area contributed by atoms with Gasteiger partial charge in [-0.15, -0.1) is 0 Å². The van der Waals surface area contributed by atoms with E-state index in [1.807, 2.05) is 30.3 Å². The minimum Gasteiger partial charge on any atom is -0.488 e. The number of pyridine rings is 1. The minimum absolute atomic E-state index is 0.0240. The fourth-order valence-electron chi connectivity index (χ4n) is 4.16. The van der Waals surface area contributed by atoms with Crippen LogP contribution in [0.25, 0.3) is 10.9 Å². The van der Waals surface area contributed by atoms with E-state index in [4.69, 9.17) is 4.74 Å². The third kappa shape index (κ3) is 6.04. The summed E-state index contributed by atoms with van der Waals surface area (Å²) in [4.78, 5) is 21.3. The van der Waals surface area contributed by atoms with Gasteiger partial charge in [-0.2, -0.15) is 0 Å². The van der Waals surface area contributed by atoms with Gasteiger partial charge >= 0.3 is 0 Å². The number of aliphatic hydroxyl groups is 1. The summed E-state index contributed by atoms with van der Waals surface area (Å²) in [7, 11) is 0. The monoisotopic (exact) mass is 452 g/mol. The van der Waals surface area contributed by atoms with E-state index in [0.29, 0.717) is 19.6 Å². The molecule has 0 saturated carbocycles. The highest BCUT2D eigenvalue weighted by Gasteiger charge is 2.26. The van der Waals surface area contributed by atoms with E-state index in [2.05, 4.69) is 27.0 Å². The smallest absolute Gasteiger partial charge is 0.238 e. The van der Waals surface area contributed by atoms with Gasteiger partial charge < -0.3 is 15.2 Å². The summed E-state index contributed by atoms with van der Waals surface area (Å²) in [6.45, 7) is 4.98. The molecule has 2 heterocycles. The van der Waals surface area contributed by atoms with Crippen LogP contribution < -0.4 is 10.1 Å². The number of nitrogens with one attached hydrogen (secondary N) is 1. The molecular weight excluding hydrogens is 423 g/mol. The number of piperazine rings is 1. The number of carbonyl (C=O) groups excluding carboxylic acids is 1. The quantitative estimate of drug-likeness (QED) is 0.547. The molecule has 2 atom stereocenters. The van der Waals surface area contributed by atoms with Gasteiger partial charge in [-0.05, 0) is 43.3 Å². The highest BCUT2D eigenvalue weighted by molar-refractivity contribution is 6.01. The van der Waals surface area contributed by atoms with Gasteiger partial charge in [-0.25, -0.2) is 4.39 Å². The maximum absolute atomic E-state index is 13.7. The summed E-state index contributed by atoms with van der Waals surface area (Å²) in [6.07, 6.45) is 1.000. The standard InChI is InChI=1S/C25H29FN4O3/c1-18-14-29(16-25(32)28-23-9-4-8-22-20(23)6-5-11-27-22)12-13-30(18)15-19(31)17-33-24-10-3-2-7-21(24)26/h2-11,18-19,31H,12-17H2,1H3,(H,28,32). The Hall–Kier alpha value is -3.07. The summed E-state index contributed by atoms with van der Waals surface area (Å²) in [6, 6.07) is 15.8. The van der Waals surface area contributed by atoms with Crippen molar-refractivity contribution in [2.75, 3.05) is 44.6 Å². The number of fused-ring (bicyclic) bond motifs is 1. The van der Waals surface area contributed by atoms with Gasteiger partial charge in [-0.1, -0.05) is 18.2 Å². The lowest BCUT2D eigenvalue weighted by Crippen LogP contribution is -2.55. The predicted molar refractivity (Wildman–Crippen MR) is 126 cm³/mol. The van der Waals surface area contributed by atoms with Gasteiger partial charge in [0.1, 0.15) is 12.7 Å². The zero-order valence-corrected chi connectivity index (χ0v) is 18.7. The summed E-state index contributed by atoms with van der Waals surface area (Å²) in [5, 5.41) is 14.3. The zero-order chi connectivity index (χ0) is 23.2. The second-order valence-electron chi connectivity index (χ2n) is 8.40. The van der Waals surface area contributed by atoms with Crippen molar-refractivity contribution >= 4 is 22.5 Å². The summed E-state index contributed by atoms with van der Waals surface area (Å²) < 4.78 is 19.1. The van der Waals surface area contributed by atoms with Crippen molar-refractivity contribution in [2.45, 2.75) is 19.1 Å². The third-order valence-electron chi connectivity index (χ3n) is 5.85. The van der Waals surface area contributed by atoms with Crippen LogP contribution in [0.2, 0.25) is 0 Å². The van der Waals surface area contributed by atoms with E-state index in [1.54, 1.807) is 24.4 Å².